The predicted octanol–water partition coefficient (Wildman–Crippen LogP) is 4.81. The lowest BCUT2D eigenvalue weighted by atomic mass is 9.83. The average Bonchev–Trinajstić information content (AvgIpc) is 2.22. The Hall–Kier alpha value is -0.0800. The van der Waals surface area contributed by atoms with E-state index in [2.05, 4.69) is 48.5 Å². The Balaban J connectivity index is 2.28. The monoisotopic (exact) mass is 270 g/mol. The zero-order chi connectivity index (χ0) is 14.7. The highest BCUT2D eigenvalue weighted by Crippen LogP contribution is 2.33. The molecule has 0 atom stereocenters. The van der Waals surface area contributed by atoms with Crippen molar-refractivity contribution in [1.82, 2.24) is 0 Å². The summed E-state index contributed by atoms with van der Waals surface area (Å²) in [5.41, 5.74) is -0.211. The van der Waals surface area contributed by atoms with Crippen LogP contribution >= 0.6 is 0 Å². The zero-order valence-corrected chi connectivity index (χ0v) is 14.1. The van der Waals surface area contributed by atoms with E-state index in [0.29, 0.717) is 12.7 Å². The van der Waals surface area contributed by atoms with Gasteiger partial charge in [0.15, 0.2) is 0 Å². The molecule has 0 bridgehead atoms. The van der Waals surface area contributed by atoms with Crippen LogP contribution in [-0.4, -0.2) is 23.9 Å². The van der Waals surface area contributed by atoms with Crippen LogP contribution in [0.1, 0.15) is 74.1 Å². The largest absolute Gasteiger partial charge is 0.373 e. The van der Waals surface area contributed by atoms with Crippen LogP contribution in [-0.2, 0) is 9.47 Å². The predicted molar refractivity (Wildman–Crippen MR) is 81.5 cm³/mol. The van der Waals surface area contributed by atoms with Crippen LogP contribution in [0.5, 0.6) is 0 Å². The van der Waals surface area contributed by atoms with Crippen molar-refractivity contribution in [3.63, 3.8) is 0 Å². The van der Waals surface area contributed by atoms with Crippen LogP contribution in [0.2, 0.25) is 0 Å². The second kappa shape index (κ2) is 6.58. The Morgan fingerprint density at radius 1 is 1.05 bits per heavy atom. The van der Waals surface area contributed by atoms with Gasteiger partial charge in [-0.3, -0.25) is 0 Å². The van der Waals surface area contributed by atoms with Crippen molar-refractivity contribution in [1.29, 1.82) is 0 Å². The van der Waals surface area contributed by atoms with E-state index in [1.807, 2.05) is 0 Å². The van der Waals surface area contributed by atoms with E-state index in [-0.39, 0.29) is 11.2 Å². The number of hydrogen-bond donors (Lipinski definition) is 0. The Bertz CT molecular complexity index is 262. The van der Waals surface area contributed by atoms with Crippen molar-refractivity contribution >= 4 is 0 Å². The fourth-order valence-corrected chi connectivity index (χ4v) is 2.49. The SMILES string of the molecule is CC(C)CCC(C)(C)OCC(C)(C)OC1CC(C)C1. The van der Waals surface area contributed by atoms with Gasteiger partial charge in [-0.25, -0.2) is 0 Å². The van der Waals surface area contributed by atoms with Crippen LogP contribution in [0.3, 0.4) is 0 Å². The summed E-state index contributed by atoms with van der Waals surface area (Å²) in [4.78, 5) is 0. The van der Waals surface area contributed by atoms with E-state index in [9.17, 15) is 0 Å². The third-order valence-electron chi connectivity index (χ3n) is 3.95. The average molecular weight is 270 g/mol. The molecule has 2 heteroatoms. The Labute approximate surface area is 120 Å². The third-order valence-corrected chi connectivity index (χ3v) is 3.95. The van der Waals surface area contributed by atoms with Gasteiger partial charge in [0.2, 0.25) is 0 Å². The maximum Gasteiger partial charge on any atom is 0.0862 e. The summed E-state index contributed by atoms with van der Waals surface area (Å²) < 4.78 is 12.3. The molecule has 0 aliphatic heterocycles. The summed E-state index contributed by atoms with van der Waals surface area (Å²) in [7, 11) is 0. The minimum Gasteiger partial charge on any atom is -0.373 e. The molecule has 114 valence electrons. The van der Waals surface area contributed by atoms with Crippen molar-refractivity contribution in [2.45, 2.75) is 91.5 Å². The lowest BCUT2D eigenvalue weighted by Gasteiger charge is -2.40. The van der Waals surface area contributed by atoms with Crippen molar-refractivity contribution < 1.29 is 9.47 Å². The van der Waals surface area contributed by atoms with Crippen LogP contribution < -0.4 is 0 Å². The zero-order valence-electron chi connectivity index (χ0n) is 14.1. The fraction of sp³-hybridized carbons (Fsp3) is 1.00. The molecule has 0 N–H and O–H groups in total. The van der Waals surface area contributed by atoms with Gasteiger partial charge < -0.3 is 9.47 Å². The minimum absolute atomic E-state index is 0.0438. The Morgan fingerprint density at radius 3 is 2.11 bits per heavy atom. The van der Waals surface area contributed by atoms with Gasteiger partial charge in [0.05, 0.1) is 23.9 Å². The normalized spacial score (nSPS) is 24.6. The van der Waals surface area contributed by atoms with E-state index in [1.54, 1.807) is 0 Å². The number of ether oxygens (including phenoxy) is 2. The van der Waals surface area contributed by atoms with Gasteiger partial charge in [-0.1, -0.05) is 20.8 Å². The first kappa shape index (κ1) is 17.0. The molecule has 0 heterocycles. The molecule has 1 aliphatic carbocycles. The molecule has 0 saturated heterocycles. The molecule has 1 aliphatic rings. The van der Waals surface area contributed by atoms with Crippen LogP contribution in [0.15, 0.2) is 0 Å². The highest BCUT2D eigenvalue weighted by atomic mass is 16.6. The van der Waals surface area contributed by atoms with E-state index in [4.69, 9.17) is 9.47 Å². The highest BCUT2D eigenvalue weighted by Gasteiger charge is 2.33. The van der Waals surface area contributed by atoms with Crippen molar-refractivity contribution in [3.8, 4) is 0 Å². The third kappa shape index (κ3) is 6.76. The van der Waals surface area contributed by atoms with Crippen LogP contribution in [0.4, 0.5) is 0 Å². The lowest BCUT2D eigenvalue weighted by molar-refractivity contribution is -0.168. The van der Waals surface area contributed by atoms with E-state index in [1.165, 1.54) is 19.3 Å². The smallest absolute Gasteiger partial charge is 0.0862 e. The quantitative estimate of drug-likeness (QED) is 0.630. The fourth-order valence-electron chi connectivity index (χ4n) is 2.49. The van der Waals surface area contributed by atoms with Gasteiger partial charge >= 0.3 is 0 Å². The Morgan fingerprint density at radius 2 is 1.63 bits per heavy atom. The first-order valence-electron chi connectivity index (χ1n) is 7.91. The first-order valence-corrected chi connectivity index (χ1v) is 7.91. The molecule has 19 heavy (non-hydrogen) atoms. The van der Waals surface area contributed by atoms with Gasteiger partial charge in [0.25, 0.3) is 0 Å². The number of rotatable bonds is 8. The maximum absolute atomic E-state index is 6.14. The minimum atomic E-state index is -0.167. The summed E-state index contributed by atoms with van der Waals surface area (Å²) in [5.74, 6) is 1.58. The van der Waals surface area contributed by atoms with Crippen LogP contribution in [0.25, 0.3) is 0 Å². The second-order valence-electron chi connectivity index (χ2n) is 8.06. The highest BCUT2D eigenvalue weighted by molar-refractivity contribution is 4.82. The van der Waals surface area contributed by atoms with E-state index in [0.717, 1.165) is 18.3 Å². The molecule has 0 amide bonds. The lowest BCUT2D eigenvalue weighted by Crippen LogP contribution is -2.42. The molecule has 2 nitrogen and oxygen atoms in total. The topological polar surface area (TPSA) is 18.5 Å². The molecule has 0 aromatic rings. The molecular formula is C17H34O2. The Kier molecular flexibility index (Phi) is 5.88. The molecule has 0 aromatic heterocycles. The van der Waals surface area contributed by atoms with Crippen molar-refractivity contribution in [2.75, 3.05) is 6.61 Å². The number of hydrogen-bond acceptors (Lipinski definition) is 2. The summed E-state index contributed by atoms with van der Waals surface area (Å²) in [6, 6.07) is 0. The van der Waals surface area contributed by atoms with Gasteiger partial charge in [0.1, 0.15) is 0 Å². The van der Waals surface area contributed by atoms with Gasteiger partial charge in [0, 0.05) is 0 Å². The van der Waals surface area contributed by atoms with E-state index >= 15 is 0 Å². The molecule has 0 radical (unpaired) electrons. The standard InChI is InChI=1S/C17H34O2/c1-13(2)8-9-16(4,5)18-12-17(6,7)19-15-10-14(3)11-15/h13-15H,8-12H2,1-7H3. The molecule has 1 fully saturated rings. The van der Waals surface area contributed by atoms with E-state index < -0.39 is 0 Å². The van der Waals surface area contributed by atoms with Gasteiger partial charge in [-0.2, -0.15) is 0 Å². The van der Waals surface area contributed by atoms with Gasteiger partial charge in [-0.15, -0.1) is 0 Å². The summed E-state index contributed by atoms with van der Waals surface area (Å²) in [6.07, 6.45) is 5.20. The summed E-state index contributed by atoms with van der Waals surface area (Å²) in [6.45, 7) is 16.2. The summed E-state index contributed by atoms with van der Waals surface area (Å²) in [5, 5.41) is 0. The molecule has 0 aromatic carbocycles. The molecular weight excluding hydrogens is 236 g/mol. The first-order chi connectivity index (χ1) is 8.60. The molecule has 0 spiro atoms. The molecule has 1 saturated carbocycles. The van der Waals surface area contributed by atoms with Crippen molar-refractivity contribution in [3.05, 3.63) is 0 Å². The molecule has 0 unspecified atom stereocenters. The summed E-state index contributed by atoms with van der Waals surface area (Å²) >= 11 is 0. The molecule has 1 rings (SSSR count). The van der Waals surface area contributed by atoms with Gasteiger partial charge in [-0.05, 0) is 65.2 Å². The second-order valence-corrected chi connectivity index (χ2v) is 8.06. The van der Waals surface area contributed by atoms with Crippen molar-refractivity contribution in [2.24, 2.45) is 11.8 Å². The van der Waals surface area contributed by atoms with Crippen LogP contribution in [0, 0.1) is 11.8 Å². The maximum atomic E-state index is 6.14.